The summed E-state index contributed by atoms with van der Waals surface area (Å²) < 4.78 is 2.23. The van der Waals surface area contributed by atoms with Crippen molar-refractivity contribution >= 4 is 22.9 Å². The van der Waals surface area contributed by atoms with Crippen LogP contribution < -0.4 is 0 Å². The number of terminal acetylenes is 1. The average Bonchev–Trinajstić information content (AvgIpc) is 2.61. The molecule has 0 unspecified atom stereocenters. The molecule has 2 rings (SSSR count). The van der Waals surface area contributed by atoms with E-state index in [9.17, 15) is 0 Å². The highest BCUT2D eigenvalue weighted by molar-refractivity contribution is 14.1. The summed E-state index contributed by atoms with van der Waals surface area (Å²) >= 11 is 2.33. The summed E-state index contributed by atoms with van der Waals surface area (Å²) in [6.45, 7) is 0.722. The second-order valence-corrected chi connectivity index (χ2v) is 4.75. The Kier molecular flexibility index (Phi) is 3.09. The van der Waals surface area contributed by atoms with E-state index in [0.29, 0.717) is 6.04 Å². The number of halogens is 1. The quantitative estimate of drug-likeness (QED) is 0.461. The molecule has 0 aromatic heterocycles. The first-order chi connectivity index (χ1) is 6.83. The predicted molar refractivity (Wildman–Crippen MR) is 67.1 cm³/mol. The molecule has 1 aliphatic rings. The lowest BCUT2D eigenvalue weighted by atomic mass is 10.1. The first-order valence-corrected chi connectivity index (χ1v) is 5.73. The van der Waals surface area contributed by atoms with Crippen LogP contribution in [0.4, 0.5) is 0 Å². The molecule has 0 saturated carbocycles. The molecule has 1 atom stereocenters. The van der Waals surface area contributed by atoms with E-state index in [0.717, 1.165) is 6.54 Å². The summed E-state index contributed by atoms with van der Waals surface area (Å²) in [6, 6.07) is 9.17. The minimum Gasteiger partial charge on any atom is -0.228 e. The maximum Gasteiger partial charge on any atom is 0.0697 e. The average molecular weight is 297 g/mol. The third-order valence-electron chi connectivity index (χ3n) is 2.68. The number of rotatable bonds is 2. The molecule has 1 aromatic rings. The van der Waals surface area contributed by atoms with E-state index >= 15 is 0 Å². The summed E-state index contributed by atoms with van der Waals surface area (Å²) in [4.78, 5) is 0. The SMILES string of the molecule is C#CCN(I)[C@@H]1CCc2ccccc21. The Morgan fingerprint density at radius 2 is 2.29 bits per heavy atom. The lowest BCUT2D eigenvalue weighted by Crippen LogP contribution is -2.16. The van der Waals surface area contributed by atoms with Gasteiger partial charge in [-0.15, -0.1) is 6.42 Å². The van der Waals surface area contributed by atoms with Crippen LogP contribution in [0.1, 0.15) is 23.6 Å². The van der Waals surface area contributed by atoms with Gasteiger partial charge < -0.3 is 0 Å². The molecule has 0 N–H and O–H groups in total. The third-order valence-corrected chi connectivity index (χ3v) is 3.70. The van der Waals surface area contributed by atoms with Gasteiger partial charge in [0.05, 0.1) is 6.54 Å². The fourth-order valence-corrected chi connectivity index (χ4v) is 2.80. The van der Waals surface area contributed by atoms with Gasteiger partial charge >= 0.3 is 0 Å². The molecule has 1 aromatic carbocycles. The van der Waals surface area contributed by atoms with Crippen LogP contribution in [-0.2, 0) is 6.42 Å². The predicted octanol–water partition coefficient (Wildman–Crippen LogP) is 2.96. The van der Waals surface area contributed by atoms with Gasteiger partial charge in [0, 0.05) is 28.9 Å². The Morgan fingerprint density at radius 1 is 1.50 bits per heavy atom. The summed E-state index contributed by atoms with van der Waals surface area (Å²) in [5.41, 5.74) is 2.94. The highest BCUT2D eigenvalue weighted by Gasteiger charge is 2.25. The molecule has 72 valence electrons. The Hall–Kier alpha value is -0.530. The first kappa shape index (κ1) is 10.0. The van der Waals surface area contributed by atoms with Crippen molar-refractivity contribution < 1.29 is 0 Å². The fraction of sp³-hybridized carbons (Fsp3) is 0.333. The van der Waals surface area contributed by atoms with Crippen molar-refractivity contribution in [3.05, 3.63) is 35.4 Å². The molecule has 14 heavy (non-hydrogen) atoms. The summed E-state index contributed by atoms with van der Waals surface area (Å²) in [5, 5.41) is 0. The van der Waals surface area contributed by atoms with Crippen molar-refractivity contribution in [2.45, 2.75) is 18.9 Å². The summed E-state index contributed by atoms with van der Waals surface area (Å²) in [6.07, 6.45) is 7.70. The molecule has 0 radical (unpaired) electrons. The minimum absolute atomic E-state index is 0.517. The van der Waals surface area contributed by atoms with E-state index < -0.39 is 0 Å². The number of fused-ring (bicyclic) bond motifs is 1. The van der Waals surface area contributed by atoms with E-state index in [2.05, 4.69) is 56.2 Å². The number of aryl methyl sites for hydroxylation is 1. The Balaban J connectivity index is 2.22. The molecule has 0 saturated heterocycles. The molecule has 2 heteroatoms. The number of hydrogen-bond donors (Lipinski definition) is 0. The zero-order chi connectivity index (χ0) is 9.97. The standard InChI is InChI=1S/C12H12IN/c1-2-9-14(13)12-8-7-10-5-3-4-6-11(10)12/h1,3-6,12H,7-9H2/t12-/m1/s1. The Labute approximate surface area is 99.0 Å². The van der Waals surface area contributed by atoms with Gasteiger partial charge in [0.1, 0.15) is 0 Å². The van der Waals surface area contributed by atoms with Crippen LogP contribution in [0, 0.1) is 12.3 Å². The van der Waals surface area contributed by atoms with Crippen LogP contribution in [0.25, 0.3) is 0 Å². The van der Waals surface area contributed by atoms with E-state index in [1.54, 1.807) is 0 Å². The number of nitrogens with zero attached hydrogens (tertiary/aromatic N) is 1. The maximum absolute atomic E-state index is 5.32. The molecule has 1 aliphatic carbocycles. The van der Waals surface area contributed by atoms with Crippen LogP contribution in [-0.4, -0.2) is 9.66 Å². The Morgan fingerprint density at radius 3 is 3.07 bits per heavy atom. The molecule has 0 aliphatic heterocycles. The highest BCUT2D eigenvalue weighted by Crippen LogP contribution is 2.36. The molecular weight excluding hydrogens is 285 g/mol. The molecule has 0 fully saturated rings. The Bertz CT molecular complexity index is 367. The highest BCUT2D eigenvalue weighted by atomic mass is 127. The van der Waals surface area contributed by atoms with Crippen LogP contribution >= 0.6 is 22.9 Å². The first-order valence-electron chi connectivity index (χ1n) is 4.76. The van der Waals surface area contributed by atoms with Gasteiger partial charge in [-0.25, -0.2) is 3.11 Å². The molecule has 1 nitrogen and oxygen atoms in total. The minimum atomic E-state index is 0.517. The number of hydrogen-bond acceptors (Lipinski definition) is 1. The van der Waals surface area contributed by atoms with E-state index in [1.165, 1.54) is 24.0 Å². The van der Waals surface area contributed by atoms with Gasteiger partial charge in [-0.3, -0.25) is 0 Å². The summed E-state index contributed by atoms with van der Waals surface area (Å²) in [7, 11) is 0. The van der Waals surface area contributed by atoms with Crippen molar-refractivity contribution in [1.29, 1.82) is 0 Å². The van der Waals surface area contributed by atoms with Crippen molar-refractivity contribution in [2.24, 2.45) is 0 Å². The second kappa shape index (κ2) is 4.33. The van der Waals surface area contributed by atoms with Gasteiger partial charge in [-0.05, 0) is 24.0 Å². The molecular formula is C12H12IN. The van der Waals surface area contributed by atoms with Crippen LogP contribution in [0.3, 0.4) is 0 Å². The van der Waals surface area contributed by atoms with Crippen LogP contribution in [0.5, 0.6) is 0 Å². The molecule has 0 spiro atoms. The zero-order valence-corrected chi connectivity index (χ0v) is 10.1. The maximum atomic E-state index is 5.32. The molecule has 0 amide bonds. The van der Waals surface area contributed by atoms with Gasteiger partial charge in [-0.1, -0.05) is 30.2 Å². The second-order valence-electron chi connectivity index (χ2n) is 3.52. The fourth-order valence-electron chi connectivity index (χ4n) is 2.02. The summed E-state index contributed by atoms with van der Waals surface area (Å²) in [5.74, 6) is 2.69. The van der Waals surface area contributed by atoms with Gasteiger partial charge in [0.2, 0.25) is 0 Å². The van der Waals surface area contributed by atoms with E-state index in [1.807, 2.05) is 0 Å². The lowest BCUT2D eigenvalue weighted by molar-refractivity contribution is 0.425. The normalized spacial score (nSPS) is 19.4. The van der Waals surface area contributed by atoms with E-state index in [-0.39, 0.29) is 0 Å². The number of benzene rings is 1. The van der Waals surface area contributed by atoms with Crippen molar-refractivity contribution in [1.82, 2.24) is 3.11 Å². The van der Waals surface area contributed by atoms with Gasteiger partial charge in [-0.2, -0.15) is 0 Å². The van der Waals surface area contributed by atoms with Gasteiger partial charge in [0.15, 0.2) is 0 Å². The van der Waals surface area contributed by atoms with Crippen molar-refractivity contribution in [3.8, 4) is 12.3 Å². The van der Waals surface area contributed by atoms with Gasteiger partial charge in [0.25, 0.3) is 0 Å². The zero-order valence-electron chi connectivity index (χ0n) is 7.91. The lowest BCUT2D eigenvalue weighted by Gasteiger charge is -2.20. The van der Waals surface area contributed by atoms with Crippen molar-refractivity contribution in [3.63, 3.8) is 0 Å². The monoisotopic (exact) mass is 297 g/mol. The van der Waals surface area contributed by atoms with Crippen molar-refractivity contribution in [2.75, 3.05) is 6.54 Å². The molecule has 0 heterocycles. The topological polar surface area (TPSA) is 3.24 Å². The largest absolute Gasteiger partial charge is 0.228 e. The molecule has 0 bridgehead atoms. The van der Waals surface area contributed by atoms with E-state index in [4.69, 9.17) is 6.42 Å². The smallest absolute Gasteiger partial charge is 0.0697 e. The van der Waals surface area contributed by atoms with Crippen LogP contribution in [0.15, 0.2) is 24.3 Å². The third kappa shape index (κ3) is 1.79. The van der Waals surface area contributed by atoms with Crippen LogP contribution in [0.2, 0.25) is 0 Å².